The largest absolute Gasteiger partial charge is 0.491 e. The molecule has 5 aromatic heterocycles. The fourth-order valence-corrected chi connectivity index (χ4v) is 6.04. The number of hydrogen-bond donors (Lipinski definition) is 2. The summed E-state index contributed by atoms with van der Waals surface area (Å²) >= 11 is 1.76. The highest BCUT2D eigenvalue weighted by atomic mass is 32.1. The molecule has 1 saturated heterocycles. The highest BCUT2D eigenvalue weighted by Crippen LogP contribution is 2.35. The number of pyridine rings is 2. The van der Waals surface area contributed by atoms with Crippen molar-refractivity contribution in [2.75, 3.05) is 26.2 Å². The second-order valence-corrected chi connectivity index (χ2v) is 11.0. The SMILES string of the molecule is Cc1ccc(-c2ccnc3nc(-c4n[nH]c5ccc(-c6cncc(OCCN7CCCC7)c6)cc45)[nH]c23)s1. The average Bonchev–Trinajstić information content (AvgIpc) is 3.74. The van der Waals surface area contributed by atoms with Gasteiger partial charge in [0.1, 0.15) is 18.1 Å². The minimum Gasteiger partial charge on any atom is -0.491 e. The maximum Gasteiger partial charge on any atom is 0.178 e. The topological polar surface area (TPSA) is 95.6 Å². The number of aromatic amines is 2. The number of aromatic nitrogens is 6. The number of aryl methyl sites for hydroxylation is 1. The summed E-state index contributed by atoms with van der Waals surface area (Å²) in [4.78, 5) is 22.2. The number of fused-ring (bicyclic) bond motifs is 2. The van der Waals surface area contributed by atoms with Gasteiger partial charge in [-0.1, -0.05) is 6.07 Å². The van der Waals surface area contributed by atoms with E-state index in [9.17, 15) is 0 Å². The molecule has 190 valence electrons. The lowest BCUT2D eigenvalue weighted by Crippen LogP contribution is -2.25. The van der Waals surface area contributed by atoms with E-state index < -0.39 is 0 Å². The molecule has 2 N–H and O–H groups in total. The molecule has 8 nitrogen and oxygen atoms in total. The van der Waals surface area contributed by atoms with Gasteiger partial charge in [-0.2, -0.15) is 5.10 Å². The lowest BCUT2D eigenvalue weighted by Gasteiger charge is -2.15. The van der Waals surface area contributed by atoms with Crippen molar-refractivity contribution in [1.82, 2.24) is 35.0 Å². The Morgan fingerprint density at radius 2 is 1.95 bits per heavy atom. The maximum absolute atomic E-state index is 6.03. The molecule has 0 amide bonds. The van der Waals surface area contributed by atoms with Crippen molar-refractivity contribution in [3.63, 3.8) is 0 Å². The fraction of sp³-hybridized carbons (Fsp3) is 0.241. The van der Waals surface area contributed by atoms with Gasteiger partial charge in [0.15, 0.2) is 11.5 Å². The third-order valence-corrected chi connectivity index (χ3v) is 8.14. The molecule has 1 aliphatic rings. The molecule has 0 spiro atoms. The van der Waals surface area contributed by atoms with Crippen molar-refractivity contribution < 1.29 is 4.74 Å². The first-order valence-electron chi connectivity index (χ1n) is 12.9. The summed E-state index contributed by atoms with van der Waals surface area (Å²) in [6.45, 7) is 6.08. The summed E-state index contributed by atoms with van der Waals surface area (Å²) in [6.07, 6.45) is 8.04. The highest BCUT2D eigenvalue weighted by Gasteiger charge is 2.17. The highest BCUT2D eigenvalue weighted by molar-refractivity contribution is 7.15. The second kappa shape index (κ2) is 9.66. The average molecular weight is 522 g/mol. The molecule has 1 fully saturated rings. The van der Waals surface area contributed by atoms with Gasteiger partial charge >= 0.3 is 0 Å². The van der Waals surface area contributed by atoms with E-state index in [2.05, 4.69) is 67.3 Å². The fourth-order valence-electron chi connectivity index (χ4n) is 5.14. The molecule has 0 radical (unpaired) electrons. The van der Waals surface area contributed by atoms with Crippen LogP contribution in [0.4, 0.5) is 0 Å². The van der Waals surface area contributed by atoms with Gasteiger partial charge in [-0.3, -0.25) is 15.0 Å². The Hall–Kier alpha value is -4.08. The van der Waals surface area contributed by atoms with Crippen LogP contribution < -0.4 is 4.74 Å². The third kappa shape index (κ3) is 4.33. The first kappa shape index (κ1) is 23.1. The molecular formula is C29H27N7OS. The van der Waals surface area contributed by atoms with Crippen LogP contribution in [0.5, 0.6) is 5.75 Å². The normalized spacial score (nSPS) is 14.1. The number of ether oxygens (including phenoxy) is 1. The molecule has 0 atom stereocenters. The summed E-state index contributed by atoms with van der Waals surface area (Å²) in [7, 11) is 0. The van der Waals surface area contributed by atoms with Gasteiger partial charge < -0.3 is 9.72 Å². The molecule has 0 unspecified atom stereocenters. The van der Waals surface area contributed by atoms with Crippen molar-refractivity contribution in [2.45, 2.75) is 19.8 Å². The minimum atomic E-state index is 0.670. The van der Waals surface area contributed by atoms with Crippen LogP contribution >= 0.6 is 11.3 Å². The molecule has 6 heterocycles. The molecular weight excluding hydrogens is 494 g/mol. The van der Waals surface area contributed by atoms with Crippen LogP contribution in [-0.4, -0.2) is 61.3 Å². The molecule has 1 aromatic carbocycles. The summed E-state index contributed by atoms with van der Waals surface area (Å²) in [5.41, 5.74) is 6.44. The summed E-state index contributed by atoms with van der Waals surface area (Å²) in [5.74, 6) is 1.47. The number of imidazole rings is 1. The molecule has 6 aromatic rings. The Kier molecular flexibility index (Phi) is 5.87. The van der Waals surface area contributed by atoms with Crippen molar-refractivity contribution in [3.05, 3.63) is 65.9 Å². The van der Waals surface area contributed by atoms with Crippen LogP contribution in [0.25, 0.3) is 55.2 Å². The lowest BCUT2D eigenvalue weighted by atomic mass is 10.0. The molecule has 7 rings (SSSR count). The predicted molar refractivity (Wildman–Crippen MR) is 151 cm³/mol. The lowest BCUT2D eigenvalue weighted by molar-refractivity contribution is 0.237. The first-order chi connectivity index (χ1) is 18.7. The number of nitrogens with zero attached hydrogens (tertiary/aromatic N) is 5. The minimum absolute atomic E-state index is 0.670. The Labute approximate surface area is 223 Å². The van der Waals surface area contributed by atoms with Gasteiger partial charge in [0.25, 0.3) is 0 Å². The zero-order valence-corrected chi connectivity index (χ0v) is 21.9. The number of H-pyrrole nitrogens is 2. The number of likely N-dealkylation sites (tertiary alicyclic amines) is 1. The Balaban J connectivity index is 1.20. The molecule has 0 saturated carbocycles. The van der Waals surface area contributed by atoms with Crippen molar-refractivity contribution >= 4 is 33.4 Å². The smallest absolute Gasteiger partial charge is 0.178 e. The van der Waals surface area contributed by atoms with Crippen LogP contribution in [0.15, 0.2) is 61.1 Å². The van der Waals surface area contributed by atoms with Gasteiger partial charge in [-0.05, 0) is 74.8 Å². The Morgan fingerprint density at radius 3 is 2.82 bits per heavy atom. The molecule has 38 heavy (non-hydrogen) atoms. The number of hydrogen-bond acceptors (Lipinski definition) is 7. The van der Waals surface area contributed by atoms with E-state index >= 15 is 0 Å². The molecule has 9 heteroatoms. The predicted octanol–water partition coefficient (Wildman–Crippen LogP) is 6.07. The number of benzene rings is 1. The van der Waals surface area contributed by atoms with Crippen LogP contribution in [0, 0.1) is 6.92 Å². The monoisotopic (exact) mass is 521 g/mol. The molecule has 1 aliphatic heterocycles. The summed E-state index contributed by atoms with van der Waals surface area (Å²) in [5, 5.41) is 8.74. The first-order valence-corrected chi connectivity index (χ1v) is 13.7. The van der Waals surface area contributed by atoms with Crippen LogP contribution in [0.2, 0.25) is 0 Å². The van der Waals surface area contributed by atoms with Gasteiger partial charge in [-0.15, -0.1) is 11.3 Å². The van der Waals surface area contributed by atoms with E-state index in [-0.39, 0.29) is 0 Å². The van der Waals surface area contributed by atoms with Crippen LogP contribution in [-0.2, 0) is 0 Å². The number of nitrogens with one attached hydrogen (secondary N) is 2. The van der Waals surface area contributed by atoms with Crippen molar-refractivity contribution in [2.24, 2.45) is 0 Å². The standard InChI is InChI=1S/C29H27N7OS/c1-18-4-7-25(38-18)22-8-9-31-28-26(22)32-29(33-28)27-23-15-19(5-6-24(23)34-35-27)20-14-21(17-30-16-20)37-13-12-36-10-2-3-11-36/h4-9,14-17H,2-3,10-13H2,1H3,(H,34,35)(H,31,32,33). The van der Waals surface area contributed by atoms with Gasteiger partial charge in [0, 0.05) is 45.2 Å². The van der Waals surface area contributed by atoms with Crippen LogP contribution in [0.3, 0.4) is 0 Å². The van der Waals surface area contributed by atoms with Crippen molar-refractivity contribution in [3.8, 4) is 38.8 Å². The summed E-state index contributed by atoms with van der Waals surface area (Å²) in [6, 6.07) is 14.6. The Morgan fingerprint density at radius 1 is 1.03 bits per heavy atom. The zero-order chi connectivity index (χ0) is 25.5. The van der Waals surface area contributed by atoms with Gasteiger partial charge in [0.05, 0.1) is 17.2 Å². The van der Waals surface area contributed by atoms with E-state index in [1.165, 1.54) is 35.7 Å². The Bertz CT molecular complexity index is 1740. The third-order valence-electron chi connectivity index (χ3n) is 7.11. The maximum atomic E-state index is 6.03. The molecule has 0 bridgehead atoms. The summed E-state index contributed by atoms with van der Waals surface area (Å²) < 4.78 is 6.03. The van der Waals surface area contributed by atoms with Gasteiger partial charge in [0.2, 0.25) is 0 Å². The van der Waals surface area contributed by atoms with Gasteiger partial charge in [-0.25, -0.2) is 9.97 Å². The van der Waals surface area contributed by atoms with E-state index in [4.69, 9.17) is 9.72 Å². The zero-order valence-electron chi connectivity index (χ0n) is 21.1. The molecule has 0 aliphatic carbocycles. The quantitative estimate of drug-likeness (QED) is 0.265. The number of rotatable bonds is 7. The van der Waals surface area contributed by atoms with E-state index in [0.717, 1.165) is 51.1 Å². The van der Waals surface area contributed by atoms with Crippen LogP contribution in [0.1, 0.15) is 17.7 Å². The number of thiophene rings is 1. The van der Waals surface area contributed by atoms with E-state index in [0.29, 0.717) is 18.1 Å². The second-order valence-electron chi connectivity index (χ2n) is 9.69. The van der Waals surface area contributed by atoms with E-state index in [1.54, 1.807) is 17.5 Å². The van der Waals surface area contributed by atoms with E-state index in [1.807, 2.05) is 24.5 Å². The van der Waals surface area contributed by atoms with Crippen molar-refractivity contribution in [1.29, 1.82) is 0 Å².